The van der Waals surface area contributed by atoms with Crippen LogP contribution >= 0.6 is 27.5 Å². The fourth-order valence-corrected chi connectivity index (χ4v) is 3.20. The number of carbonyl (C=O) groups is 1. The number of rotatable bonds is 6. The zero-order valence-electron chi connectivity index (χ0n) is 15.2. The van der Waals surface area contributed by atoms with Crippen molar-refractivity contribution in [2.75, 3.05) is 0 Å². The lowest BCUT2D eigenvalue weighted by Crippen LogP contribution is -2.17. The summed E-state index contributed by atoms with van der Waals surface area (Å²) in [6.45, 7) is 2.31. The molecule has 28 heavy (non-hydrogen) atoms. The van der Waals surface area contributed by atoms with Crippen LogP contribution in [0.2, 0.25) is 5.02 Å². The first-order chi connectivity index (χ1) is 13.5. The molecule has 0 aromatic heterocycles. The van der Waals surface area contributed by atoms with Crippen LogP contribution in [0.1, 0.15) is 27.0 Å². The minimum Gasteiger partial charge on any atom is -0.488 e. The van der Waals surface area contributed by atoms with Crippen molar-refractivity contribution < 1.29 is 9.53 Å². The fraction of sp³-hybridized carbons (Fsp3) is 0.0909. The van der Waals surface area contributed by atoms with Crippen molar-refractivity contribution in [1.82, 2.24) is 5.43 Å². The maximum absolute atomic E-state index is 12.1. The van der Waals surface area contributed by atoms with Crippen LogP contribution in [0.3, 0.4) is 0 Å². The summed E-state index contributed by atoms with van der Waals surface area (Å²) in [6.07, 6.45) is 1.58. The zero-order valence-corrected chi connectivity index (χ0v) is 17.5. The number of hydrogen-bond acceptors (Lipinski definition) is 3. The highest BCUT2D eigenvalue weighted by Crippen LogP contribution is 2.27. The summed E-state index contributed by atoms with van der Waals surface area (Å²) in [5.74, 6) is 0.444. The molecule has 4 nitrogen and oxygen atoms in total. The Kier molecular flexibility index (Phi) is 6.85. The summed E-state index contributed by atoms with van der Waals surface area (Å²) in [4.78, 5) is 12.1. The molecule has 3 rings (SSSR count). The second-order valence-electron chi connectivity index (χ2n) is 6.14. The number of carbonyl (C=O) groups excluding carboxylic acids is 1. The summed E-state index contributed by atoms with van der Waals surface area (Å²) in [5, 5.41) is 4.69. The van der Waals surface area contributed by atoms with Crippen molar-refractivity contribution >= 4 is 39.7 Å². The maximum Gasteiger partial charge on any atom is 0.271 e. The van der Waals surface area contributed by atoms with Gasteiger partial charge in [0.15, 0.2) is 0 Å². The second kappa shape index (κ2) is 9.53. The molecule has 0 aliphatic heterocycles. The highest BCUT2D eigenvalue weighted by molar-refractivity contribution is 9.10. The van der Waals surface area contributed by atoms with Gasteiger partial charge in [-0.3, -0.25) is 4.79 Å². The normalized spacial score (nSPS) is 10.8. The van der Waals surface area contributed by atoms with Crippen LogP contribution in [0.15, 0.2) is 76.3 Å². The molecule has 0 bridgehead atoms. The Labute approximate surface area is 177 Å². The van der Waals surface area contributed by atoms with Gasteiger partial charge in [0.1, 0.15) is 12.4 Å². The minimum absolute atomic E-state index is 0.251. The van der Waals surface area contributed by atoms with Gasteiger partial charge in [0.25, 0.3) is 5.91 Å². The van der Waals surface area contributed by atoms with E-state index in [4.69, 9.17) is 16.3 Å². The Morgan fingerprint density at radius 3 is 2.71 bits per heavy atom. The number of nitrogens with zero attached hydrogens (tertiary/aromatic N) is 1. The number of benzene rings is 3. The van der Waals surface area contributed by atoms with Crippen molar-refractivity contribution in [2.24, 2.45) is 5.10 Å². The Hall–Kier alpha value is -2.63. The molecule has 3 aromatic carbocycles. The molecular weight excluding hydrogens is 440 g/mol. The van der Waals surface area contributed by atoms with Gasteiger partial charge >= 0.3 is 0 Å². The monoisotopic (exact) mass is 456 g/mol. The van der Waals surface area contributed by atoms with Crippen molar-refractivity contribution in [1.29, 1.82) is 0 Å². The van der Waals surface area contributed by atoms with Gasteiger partial charge < -0.3 is 4.74 Å². The van der Waals surface area contributed by atoms with Crippen LogP contribution in [-0.2, 0) is 6.61 Å². The average molecular weight is 458 g/mol. The molecule has 0 radical (unpaired) electrons. The Morgan fingerprint density at radius 1 is 1.14 bits per heavy atom. The van der Waals surface area contributed by atoms with Gasteiger partial charge in [-0.25, -0.2) is 5.43 Å². The molecule has 142 valence electrons. The molecule has 0 unspecified atom stereocenters. The van der Waals surface area contributed by atoms with Gasteiger partial charge in [0, 0.05) is 16.1 Å². The number of ether oxygens (including phenoxy) is 1. The fourth-order valence-electron chi connectivity index (χ4n) is 2.50. The average Bonchev–Trinajstić information content (AvgIpc) is 2.68. The van der Waals surface area contributed by atoms with Crippen LogP contribution in [0.4, 0.5) is 0 Å². The number of hydrazone groups is 1. The predicted octanol–water partition coefficient (Wildman–Crippen LogP) is 5.75. The van der Waals surface area contributed by atoms with E-state index >= 15 is 0 Å². The summed E-state index contributed by atoms with van der Waals surface area (Å²) in [6, 6.07) is 20.5. The second-order valence-corrected chi connectivity index (χ2v) is 7.40. The molecular formula is C22H18BrClN2O2. The third-order valence-corrected chi connectivity index (χ3v) is 4.95. The summed E-state index contributed by atoms with van der Waals surface area (Å²) in [7, 11) is 0. The van der Waals surface area contributed by atoms with Crippen LogP contribution in [0, 0.1) is 6.92 Å². The van der Waals surface area contributed by atoms with E-state index in [0.29, 0.717) is 22.9 Å². The molecule has 0 heterocycles. The van der Waals surface area contributed by atoms with Gasteiger partial charge in [-0.2, -0.15) is 5.10 Å². The van der Waals surface area contributed by atoms with E-state index in [-0.39, 0.29) is 5.91 Å². The summed E-state index contributed by atoms with van der Waals surface area (Å²) < 4.78 is 6.61. The summed E-state index contributed by atoms with van der Waals surface area (Å²) in [5.41, 5.74) is 5.86. The Balaban J connectivity index is 1.60. The van der Waals surface area contributed by atoms with Gasteiger partial charge in [0.05, 0.1) is 10.7 Å². The molecule has 3 aromatic rings. The lowest BCUT2D eigenvalue weighted by molar-refractivity contribution is 0.0955. The van der Waals surface area contributed by atoms with Crippen molar-refractivity contribution in [3.8, 4) is 5.75 Å². The number of aryl methyl sites for hydroxylation is 1. The molecule has 0 atom stereocenters. The van der Waals surface area contributed by atoms with E-state index in [2.05, 4.69) is 26.5 Å². The van der Waals surface area contributed by atoms with Gasteiger partial charge in [-0.05, 0) is 64.8 Å². The lowest BCUT2D eigenvalue weighted by atomic mass is 10.1. The first-order valence-corrected chi connectivity index (χ1v) is 9.76. The minimum atomic E-state index is -0.251. The van der Waals surface area contributed by atoms with E-state index < -0.39 is 0 Å². The van der Waals surface area contributed by atoms with Crippen molar-refractivity contribution in [3.05, 3.63) is 98.5 Å². The third kappa shape index (κ3) is 5.44. The van der Waals surface area contributed by atoms with E-state index in [9.17, 15) is 4.79 Å². The Bertz CT molecular complexity index is 1020. The van der Waals surface area contributed by atoms with Crippen LogP contribution < -0.4 is 10.2 Å². The predicted molar refractivity (Wildman–Crippen MR) is 116 cm³/mol. The molecule has 6 heteroatoms. The maximum atomic E-state index is 12.1. The van der Waals surface area contributed by atoms with E-state index in [1.165, 1.54) is 0 Å². The molecule has 0 aliphatic carbocycles. The Morgan fingerprint density at radius 2 is 1.96 bits per heavy atom. The van der Waals surface area contributed by atoms with Crippen LogP contribution in [0.5, 0.6) is 5.75 Å². The molecule has 0 saturated carbocycles. The topological polar surface area (TPSA) is 50.7 Å². The highest BCUT2D eigenvalue weighted by Gasteiger charge is 2.06. The molecule has 0 saturated heterocycles. The van der Waals surface area contributed by atoms with Crippen molar-refractivity contribution in [3.63, 3.8) is 0 Å². The van der Waals surface area contributed by atoms with Crippen LogP contribution in [-0.4, -0.2) is 12.1 Å². The number of nitrogens with one attached hydrogen (secondary N) is 1. The largest absolute Gasteiger partial charge is 0.488 e. The van der Waals surface area contributed by atoms with Crippen LogP contribution in [0.25, 0.3) is 0 Å². The smallest absolute Gasteiger partial charge is 0.271 e. The first kappa shape index (κ1) is 20.1. The van der Waals surface area contributed by atoms with E-state index in [0.717, 1.165) is 21.2 Å². The summed E-state index contributed by atoms with van der Waals surface area (Å²) >= 11 is 9.65. The SMILES string of the molecule is Cc1cccc(C(=O)N/N=C\c2ccc(OCc3ccccc3Cl)c(Br)c2)c1. The van der Waals surface area contributed by atoms with E-state index in [1.807, 2.05) is 67.6 Å². The molecule has 0 spiro atoms. The lowest BCUT2D eigenvalue weighted by Gasteiger charge is -2.10. The highest BCUT2D eigenvalue weighted by atomic mass is 79.9. The molecule has 1 N–H and O–H groups in total. The third-order valence-electron chi connectivity index (χ3n) is 3.96. The van der Waals surface area contributed by atoms with Gasteiger partial charge in [-0.15, -0.1) is 0 Å². The van der Waals surface area contributed by atoms with Gasteiger partial charge in [0.2, 0.25) is 0 Å². The molecule has 1 amide bonds. The zero-order chi connectivity index (χ0) is 19.9. The van der Waals surface area contributed by atoms with Gasteiger partial charge in [-0.1, -0.05) is 47.5 Å². The number of halogens is 2. The number of amides is 1. The standard InChI is InChI=1S/C22H18BrClN2O2/c1-15-5-4-7-17(11-15)22(27)26-25-13-16-9-10-21(19(23)12-16)28-14-18-6-2-3-8-20(18)24/h2-13H,14H2,1H3,(H,26,27)/b25-13-. The first-order valence-electron chi connectivity index (χ1n) is 8.59. The number of hydrogen-bond donors (Lipinski definition) is 1. The van der Waals surface area contributed by atoms with E-state index in [1.54, 1.807) is 12.3 Å². The molecule has 0 aliphatic rings. The molecule has 0 fully saturated rings. The quantitative estimate of drug-likeness (QED) is 0.378. The van der Waals surface area contributed by atoms with Crippen molar-refractivity contribution in [2.45, 2.75) is 13.5 Å².